The quantitative estimate of drug-likeness (QED) is 0.747. The van der Waals surface area contributed by atoms with Crippen LogP contribution in [0.3, 0.4) is 0 Å². The average Bonchev–Trinajstić information content (AvgIpc) is 2.48. The molecule has 0 bridgehead atoms. The van der Waals surface area contributed by atoms with Gasteiger partial charge in [-0.15, -0.1) is 0 Å². The van der Waals surface area contributed by atoms with Gasteiger partial charge in [-0.3, -0.25) is 0 Å². The van der Waals surface area contributed by atoms with Crippen LogP contribution in [0.25, 0.3) is 0 Å². The number of nitrogens with one attached hydrogen (secondary N) is 1. The highest BCUT2D eigenvalue weighted by Gasteiger charge is 2.01. The van der Waals surface area contributed by atoms with Gasteiger partial charge in [0.2, 0.25) is 0 Å². The van der Waals surface area contributed by atoms with Gasteiger partial charge >= 0.3 is 0 Å². The summed E-state index contributed by atoms with van der Waals surface area (Å²) in [6.07, 6.45) is 0. The largest absolute Gasteiger partial charge is 0.463 e. The molecule has 0 aliphatic heterocycles. The van der Waals surface area contributed by atoms with Crippen molar-refractivity contribution in [2.45, 2.75) is 20.0 Å². The van der Waals surface area contributed by atoms with Gasteiger partial charge in [-0.25, -0.2) is 0 Å². The third-order valence-corrected chi connectivity index (χ3v) is 1.74. The maximum Gasteiger partial charge on any atom is 0.118 e. The second-order valence-corrected chi connectivity index (χ2v) is 3.39. The summed E-state index contributed by atoms with van der Waals surface area (Å²) in [7, 11) is 4.07. The lowest BCUT2D eigenvalue weighted by atomic mass is 10.4. The minimum atomic E-state index is 0.823. The van der Waals surface area contributed by atoms with E-state index >= 15 is 0 Å². The standard InChI is InChI=1S/C10H18N2O/c1-4-11-7-9-5-6-10(13-9)8-12(2)3/h5-6,11H,4,7-8H2,1-3H3. The van der Waals surface area contributed by atoms with Crippen LogP contribution in [-0.2, 0) is 13.1 Å². The molecule has 0 aliphatic carbocycles. The van der Waals surface area contributed by atoms with Gasteiger partial charge in [-0.1, -0.05) is 6.92 Å². The van der Waals surface area contributed by atoms with Crippen molar-refractivity contribution in [1.29, 1.82) is 0 Å². The Bertz CT molecular complexity index is 243. The van der Waals surface area contributed by atoms with Gasteiger partial charge in [0.05, 0.1) is 13.1 Å². The van der Waals surface area contributed by atoms with E-state index in [1.165, 1.54) is 0 Å². The molecule has 0 radical (unpaired) electrons. The highest BCUT2D eigenvalue weighted by atomic mass is 16.3. The average molecular weight is 182 g/mol. The van der Waals surface area contributed by atoms with Crippen LogP contribution in [0, 0.1) is 0 Å². The number of hydrogen-bond donors (Lipinski definition) is 1. The maximum absolute atomic E-state index is 5.59. The van der Waals surface area contributed by atoms with Crippen molar-refractivity contribution in [2.75, 3.05) is 20.6 Å². The molecule has 0 spiro atoms. The highest BCUT2D eigenvalue weighted by molar-refractivity contribution is 5.06. The fraction of sp³-hybridized carbons (Fsp3) is 0.600. The van der Waals surface area contributed by atoms with Gasteiger partial charge in [0.15, 0.2) is 0 Å². The summed E-state index contributed by atoms with van der Waals surface area (Å²) in [5.74, 6) is 2.04. The van der Waals surface area contributed by atoms with E-state index in [0.717, 1.165) is 31.2 Å². The Balaban J connectivity index is 2.44. The smallest absolute Gasteiger partial charge is 0.118 e. The van der Waals surface area contributed by atoms with Crippen LogP contribution in [0.5, 0.6) is 0 Å². The summed E-state index contributed by atoms with van der Waals surface area (Å²) in [5.41, 5.74) is 0. The van der Waals surface area contributed by atoms with Crippen molar-refractivity contribution in [2.24, 2.45) is 0 Å². The SMILES string of the molecule is CCNCc1ccc(CN(C)C)o1. The monoisotopic (exact) mass is 182 g/mol. The Morgan fingerprint density at radius 2 is 2.00 bits per heavy atom. The number of hydrogen-bond acceptors (Lipinski definition) is 3. The van der Waals surface area contributed by atoms with Gasteiger partial charge in [0.1, 0.15) is 11.5 Å². The third-order valence-electron chi connectivity index (χ3n) is 1.74. The predicted molar refractivity (Wildman–Crippen MR) is 53.5 cm³/mol. The molecule has 0 saturated carbocycles. The summed E-state index contributed by atoms with van der Waals surface area (Å²) in [6.45, 7) is 4.75. The molecule has 1 aromatic heterocycles. The molecule has 0 aromatic carbocycles. The summed E-state index contributed by atoms with van der Waals surface area (Å²) < 4.78 is 5.59. The second kappa shape index (κ2) is 5.04. The van der Waals surface area contributed by atoms with Crippen LogP contribution < -0.4 is 5.32 Å². The molecule has 3 heteroatoms. The fourth-order valence-electron chi connectivity index (χ4n) is 1.16. The zero-order valence-corrected chi connectivity index (χ0v) is 8.63. The van der Waals surface area contributed by atoms with Crippen molar-refractivity contribution in [1.82, 2.24) is 10.2 Å². The van der Waals surface area contributed by atoms with E-state index in [9.17, 15) is 0 Å². The molecule has 0 fully saturated rings. The molecule has 0 atom stereocenters. The van der Waals surface area contributed by atoms with Gasteiger partial charge in [0, 0.05) is 0 Å². The molecule has 0 aliphatic rings. The first-order valence-corrected chi connectivity index (χ1v) is 4.65. The lowest BCUT2D eigenvalue weighted by Crippen LogP contribution is -2.11. The molecule has 0 saturated heterocycles. The zero-order chi connectivity index (χ0) is 9.68. The molecule has 3 nitrogen and oxygen atoms in total. The van der Waals surface area contributed by atoms with Gasteiger partial charge in [0.25, 0.3) is 0 Å². The van der Waals surface area contributed by atoms with Gasteiger partial charge in [-0.2, -0.15) is 0 Å². The molecular formula is C10H18N2O. The molecule has 13 heavy (non-hydrogen) atoms. The van der Waals surface area contributed by atoms with E-state index < -0.39 is 0 Å². The highest BCUT2D eigenvalue weighted by Crippen LogP contribution is 2.08. The van der Waals surface area contributed by atoms with E-state index in [-0.39, 0.29) is 0 Å². The first kappa shape index (κ1) is 10.3. The zero-order valence-electron chi connectivity index (χ0n) is 8.63. The van der Waals surface area contributed by atoms with Crippen LogP contribution in [0.15, 0.2) is 16.5 Å². The summed E-state index contributed by atoms with van der Waals surface area (Å²) >= 11 is 0. The summed E-state index contributed by atoms with van der Waals surface area (Å²) in [4.78, 5) is 2.09. The Kier molecular flexibility index (Phi) is 3.99. The lowest BCUT2D eigenvalue weighted by molar-refractivity contribution is 0.339. The van der Waals surface area contributed by atoms with Gasteiger partial charge < -0.3 is 14.6 Å². The summed E-state index contributed by atoms with van der Waals surface area (Å²) in [5, 5.41) is 3.22. The Morgan fingerprint density at radius 3 is 2.62 bits per heavy atom. The van der Waals surface area contributed by atoms with Crippen molar-refractivity contribution < 1.29 is 4.42 Å². The lowest BCUT2D eigenvalue weighted by Gasteiger charge is -2.05. The molecule has 1 N–H and O–H groups in total. The van der Waals surface area contributed by atoms with E-state index in [1.807, 2.05) is 26.2 Å². The Morgan fingerprint density at radius 1 is 1.31 bits per heavy atom. The first-order chi connectivity index (χ1) is 6.22. The Hall–Kier alpha value is -0.800. The third kappa shape index (κ3) is 3.61. The molecular weight excluding hydrogens is 164 g/mol. The maximum atomic E-state index is 5.59. The topological polar surface area (TPSA) is 28.4 Å². The van der Waals surface area contributed by atoms with Crippen molar-refractivity contribution in [3.05, 3.63) is 23.7 Å². The van der Waals surface area contributed by atoms with Crippen LogP contribution in [0.1, 0.15) is 18.4 Å². The van der Waals surface area contributed by atoms with E-state index in [1.54, 1.807) is 0 Å². The van der Waals surface area contributed by atoms with Crippen LogP contribution in [0.4, 0.5) is 0 Å². The van der Waals surface area contributed by atoms with Crippen molar-refractivity contribution >= 4 is 0 Å². The van der Waals surface area contributed by atoms with Gasteiger partial charge in [-0.05, 0) is 32.8 Å². The van der Waals surface area contributed by atoms with Crippen molar-refractivity contribution in [3.8, 4) is 0 Å². The molecule has 1 rings (SSSR count). The number of furan rings is 1. The summed E-state index contributed by atoms with van der Waals surface area (Å²) in [6, 6.07) is 4.06. The fourth-order valence-corrected chi connectivity index (χ4v) is 1.16. The number of nitrogens with zero attached hydrogens (tertiary/aromatic N) is 1. The first-order valence-electron chi connectivity index (χ1n) is 4.65. The molecule has 1 aromatic rings. The minimum absolute atomic E-state index is 0.823. The van der Waals surface area contributed by atoms with E-state index in [2.05, 4.69) is 17.1 Å². The minimum Gasteiger partial charge on any atom is -0.463 e. The molecule has 74 valence electrons. The molecule has 1 heterocycles. The van der Waals surface area contributed by atoms with Crippen LogP contribution in [0.2, 0.25) is 0 Å². The normalized spacial score (nSPS) is 11.1. The second-order valence-electron chi connectivity index (χ2n) is 3.39. The van der Waals surface area contributed by atoms with Crippen LogP contribution >= 0.6 is 0 Å². The van der Waals surface area contributed by atoms with Crippen molar-refractivity contribution in [3.63, 3.8) is 0 Å². The molecule has 0 unspecified atom stereocenters. The van der Waals surface area contributed by atoms with E-state index in [4.69, 9.17) is 4.42 Å². The Labute approximate surface area is 79.7 Å². The van der Waals surface area contributed by atoms with E-state index in [0.29, 0.717) is 0 Å². The number of rotatable bonds is 5. The van der Waals surface area contributed by atoms with Crippen LogP contribution in [-0.4, -0.2) is 25.5 Å². The predicted octanol–water partition coefficient (Wildman–Crippen LogP) is 1.45. The molecule has 0 amide bonds.